The number of para-hydroxylation sites is 1. The number of aromatic nitrogens is 1. The molecule has 1 aromatic heterocycles. The summed E-state index contributed by atoms with van der Waals surface area (Å²) >= 11 is 0. The molecule has 2 heterocycles. The Hall–Kier alpha value is -3.32. The highest BCUT2D eigenvalue weighted by Gasteiger charge is 2.16. The lowest BCUT2D eigenvalue weighted by atomic mass is 10.0. The molecule has 0 unspecified atom stereocenters. The van der Waals surface area contributed by atoms with E-state index < -0.39 is 5.97 Å². The smallest absolute Gasteiger partial charge is 0.307 e. The minimum Gasteiger partial charge on any atom is -0.493 e. The van der Waals surface area contributed by atoms with E-state index >= 15 is 0 Å². The van der Waals surface area contributed by atoms with Crippen LogP contribution in [-0.4, -0.2) is 35.9 Å². The van der Waals surface area contributed by atoms with Crippen molar-refractivity contribution in [3.63, 3.8) is 0 Å². The van der Waals surface area contributed by atoms with Crippen LogP contribution in [0, 0.1) is 12.8 Å². The second-order valence-electron chi connectivity index (χ2n) is 8.14. The van der Waals surface area contributed by atoms with Crippen molar-refractivity contribution in [2.24, 2.45) is 5.92 Å². The summed E-state index contributed by atoms with van der Waals surface area (Å²) in [7, 11) is 0. The maximum absolute atomic E-state index is 12.7. The van der Waals surface area contributed by atoms with Gasteiger partial charge in [-0.05, 0) is 55.5 Å². The Labute approximate surface area is 185 Å². The van der Waals surface area contributed by atoms with E-state index in [-0.39, 0.29) is 18.5 Å². The molecule has 1 aliphatic heterocycles. The van der Waals surface area contributed by atoms with Crippen LogP contribution in [0.1, 0.15) is 29.7 Å². The van der Waals surface area contributed by atoms with Gasteiger partial charge in [-0.2, -0.15) is 0 Å². The molecule has 0 saturated carbocycles. The molecule has 4 rings (SSSR count). The van der Waals surface area contributed by atoms with E-state index in [9.17, 15) is 14.7 Å². The van der Waals surface area contributed by atoms with Gasteiger partial charge in [-0.3, -0.25) is 9.59 Å². The van der Waals surface area contributed by atoms with Crippen molar-refractivity contribution in [1.29, 1.82) is 0 Å². The summed E-state index contributed by atoms with van der Waals surface area (Å²) in [6, 6.07) is 12.6. The SMILES string of the molecule is Cc1c(COc2cc(CC(=O)O)cc(OCC3CCOCC3)c2)[nH]c2ccccc2c1=O. The van der Waals surface area contributed by atoms with Gasteiger partial charge in [0, 0.05) is 35.7 Å². The number of pyridine rings is 1. The first-order chi connectivity index (χ1) is 15.5. The van der Waals surface area contributed by atoms with Crippen LogP contribution in [-0.2, 0) is 22.6 Å². The van der Waals surface area contributed by atoms with Crippen molar-refractivity contribution >= 4 is 16.9 Å². The van der Waals surface area contributed by atoms with E-state index in [0.29, 0.717) is 46.2 Å². The van der Waals surface area contributed by atoms with E-state index in [4.69, 9.17) is 14.2 Å². The van der Waals surface area contributed by atoms with Crippen LogP contribution in [0.4, 0.5) is 0 Å². The Morgan fingerprint density at radius 3 is 2.59 bits per heavy atom. The van der Waals surface area contributed by atoms with Crippen LogP contribution in [0.2, 0.25) is 0 Å². The monoisotopic (exact) mass is 437 g/mol. The van der Waals surface area contributed by atoms with E-state index in [1.54, 1.807) is 31.2 Å². The molecule has 168 valence electrons. The third kappa shape index (κ3) is 5.29. The summed E-state index contributed by atoms with van der Waals surface area (Å²) in [4.78, 5) is 27.2. The molecule has 32 heavy (non-hydrogen) atoms. The zero-order valence-corrected chi connectivity index (χ0v) is 18.1. The number of H-pyrrole nitrogens is 1. The number of benzene rings is 2. The lowest BCUT2D eigenvalue weighted by Gasteiger charge is -2.22. The summed E-state index contributed by atoms with van der Waals surface area (Å²) < 4.78 is 17.3. The number of aromatic amines is 1. The van der Waals surface area contributed by atoms with Crippen LogP contribution < -0.4 is 14.9 Å². The fourth-order valence-electron chi connectivity index (χ4n) is 3.89. The highest BCUT2D eigenvalue weighted by atomic mass is 16.5. The lowest BCUT2D eigenvalue weighted by molar-refractivity contribution is -0.136. The maximum Gasteiger partial charge on any atom is 0.307 e. The third-order valence-corrected chi connectivity index (χ3v) is 5.76. The average Bonchev–Trinajstić information content (AvgIpc) is 2.79. The van der Waals surface area contributed by atoms with Gasteiger partial charge in [-0.15, -0.1) is 0 Å². The third-order valence-electron chi connectivity index (χ3n) is 5.76. The fraction of sp³-hybridized carbons (Fsp3) is 0.360. The van der Waals surface area contributed by atoms with E-state index in [1.807, 2.05) is 18.2 Å². The minimum absolute atomic E-state index is 0.0296. The van der Waals surface area contributed by atoms with Crippen molar-refractivity contribution in [1.82, 2.24) is 4.98 Å². The zero-order chi connectivity index (χ0) is 22.5. The molecule has 2 N–H and O–H groups in total. The van der Waals surface area contributed by atoms with Crippen LogP contribution in [0.25, 0.3) is 10.9 Å². The first-order valence-corrected chi connectivity index (χ1v) is 10.8. The largest absolute Gasteiger partial charge is 0.493 e. The Morgan fingerprint density at radius 2 is 1.84 bits per heavy atom. The Kier molecular flexibility index (Phi) is 6.75. The van der Waals surface area contributed by atoms with E-state index in [0.717, 1.165) is 31.6 Å². The van der Waals surface area contributed by atoms with Gasteiger partial charge >= 0.3 is 5.97 Å². The molecular formula is C25H27NO6. The first kappa shape index (κ1) is 21.9. The highest BCUT2D eigenvalue weighted by molar-refractivity contribution is 5.79. The normalized spacial score (nSPS) is 14.4. The molecular weight excluding hydrogens is 410 g/mol. The molecule has 0 radical (unpaired) electrons. The minimum atomic E-state index is -0.924. The van der Waals surface area contributed by atoms with Crippen molar-refractivity contribution in [2.45, 2.75) is 32.8 Å². The van der Waals surface area contributed by atoms with E-state index in [1.165, 1.54) is 0 Å². The van der Waals surface area contributed by atoms with Crippen LogP contribution in [0.3, 0.4) is 0 Å². The van der Waals surface area contributed by atoms with Crippen LogP contribution in [0.15, 0.2) is 47.3 Å². The number of rotatable bonds is 8. The molecule has 0 bridgehead atoms. The van der Waals surface area contributed by atoms with Crippen molar-refractivity contribution < 1.29 is 24.1 Å². The predicted molar refractivity (Wildman–Crippen MR) is 120 cm³/mol. The maximum atomic E-state index is 12.7. The standard InChI is InChI=1S/C25H27NO6/c1-16-23(26-22-5-3-2-4-21(22)25(16)29)15-32-20-11-18(12-24(27)28)10-19(13-20)31-14-17-6-8-30-9-7-17/h2-5,10-11,13,17H,6-9,12,14-15H2,1H3,(H,26,29)(H,27,28). The topological polar surface area (TPSA) is 97.8 Å². The molecule has 1 fully saturated rings. The molecule has 0 spiro atoms. The summed E-state index contributed by atoms with van der Waals surface area (Å²) in [6.45, 7) is 3.96. The number of aliphatic carboxylic acids is 1. The molecule has 1 saturated heterocycles. The van der Waals surface area contributed by atoms with Gasteiger partial charge in [0.25, 0.3) is 0 Å². The van der Waals surface area contributed by atoms with Gasteiger partial charge in [0.2, 0.25) is 0 Å². The molecule has 0 amide bonds. The number of carboxylic acid groups (broad SMARTS) is 1. The summed E-state index contributed by atoms with van der Waals surface area (Å²) in [5, 5.41) is 9.86. The quantitative estimate of drug-likeness (QED) is 0.556. The lowest BCUT2D eigenvalue weighted by Crippen LogP contribution is -2.21. The predicted octanol–water partition coefficient (Wildman–Crippen LogP) is 3.85. The second kappa shape index (κ2) is 9.87. The molecule has 7 nitrogen and oxygen atoms in total. The van der Waals surface area contributed by atoms with Gasteiger partial charge in [0.05, 0.1) is 18.7 Å². The van der Waals surface area contributed by atoms with Crippen LogP contribution in [0.5, 0.6) is 11.5 Å². The Morgan fingerprint density at radius 1 is 1.12 bits per heavy atom. The number of ether oxygens (including phenoxy) is 3. The summed E-state index contributed by atoms with van der Waals surface area (Å²) in [5.41, 5.74) is 2.60. The molecule has 0 aliphatic carbocycles. The number of fused-ring (bicyclic) bond motifs is 1. The fourth-order valence-corrected chi connectivity index (χ4v) is 3.89. The van der Waals surface area contributed by atoms with Gasteiger partial charge < -0.3 is 24.3 Å². The van der Waals surface area contributed by atoms with E-state index in [2.05, 4.69) is 4.98 Å². The molecule has 0 atom stereocenters. The highest BCUT2D eigenvalue weighted by Crippen LogP contribution is 2.26. The Bertz CT molecular complexity index is 1160. The molecule has 2 aromatic carbocycles. The number of carbonyl (C=O) groups is 1. The number of hydrogen-bond donors (Lipinski definition) is 2. The summed E-state index contributed by atoms with van der Waals surface area (Å²) in [6.07, 6.45) is 1.77. The van der Waals surface area contributed by atoms with Crippen molar-refractivity contribution in [3.05, 3.63) is 69.5 Å². The molecule has 3 aromatic rings. The number of hydrogen-bond acceptors (Lipinski definition) is 5. The van der Waals surface area contributed by atoms with Crippen molar-refractivity contribution in [2.75, 3.05) is 19.8 Å². The van der Waals surface area contributed by atoms with Gasteiger partial charge in [-0.25, -0.2) is 0 Å². The molecule has 1 aliphatic rings. The Balaban J connectivity index is 1.53. The van der Waals surface area contributed by atoms with Crippen LogP contribution >= 0.6 is 0 Å². The van der Waals surface area contributed by atoms with Gasteiger partial charge in [-0.1, -0.05) is 12.1 Å². The second-order valence-corrected chi connectivity index (χ2v) is 8.14. The summed E-state index contributed by atoms with van der Waals surface area (Å²) in [5.74, 6) is 0.571. The number of nitrogens with one attached hydrogen (secondary N) is 1. The molecule has 7 heteroatoms. The first-order valence-electron chi connectivity index (χ1n) is 10.8. The zero-order valence-electron chi connectivity index (χ0n) is 18.1. The van der Waals surface area contributed by atoms with Gasteiger partial charge in [0.1, 0.15) is 18.1 Å². The van der Waals surface area contributed by atoms with Gasteiger partial charge in [0.15, 0.2) is 5.43 Å². The number of carboxylic acids is 1. The van der Waals surface area contributed by atoms with Crippen molar-refractivity contribution in [3.8, 4) is 11.5 Å². The average molecular weight is 437 g/mol.